The molecule has 0 amide bonds. The van der Waals surface area contributed by atoms with Crippen molar-refractivity contribution >= 4 is 11.7 Å². The average molecular weight is 352 g/mol. The van der Waals surface area contributed by atoms with E-state index in [1.807, 2.05) is 39.8 Å². The van der Waals surface area contributed by atoms with E-state index in [0.29, 0.717) is 5.56 Å². The van der Waals surface area contributed by atoms with E-state index in [1.165, 1.54) is 5.69 Å². The number of nitrogens with zero attached hydrogens (tertiary/aromatic N) is 1. The summed E-state index contributed by atoms with van der Waals surface area (Å²) in [6.45, 7) is 11.8. The molecule has 0 atom stereocenters. The second kappa shape index (κ2) is 7.50. The maximum Gasteiger partial charge on any atom is 0.338 e. The van der Waals surface area contributed by atoms with Crippen LogP contribution in [0.25, 0.3) is 11.1 Å². The Bertz CT molecular complexity index is 770. The normalized spacial score (nSPS) is 15.0. The molecule has 1 aliphatic heterocycles. The quantitative estimate of drug-likeness (QED) is 0.847. The van der Waals surface area contributed by atoms with Crippen molar-refractivity contribution in [3.05, 3.63) is 53.6 Å². The van der Waals surface area contributed by atoms with E-state index in [4.69, 9.17) is 4.74 Å². The van der Waals surface area contributed by atoms with Gasteiger partial charge in [-0.1, -0.05) is 18.2 Å². The number of piperazine rings is 1. The van der Waals surface area contributed by atoms with E-state index in [-0.39, 0.29) is 5.97 Å². The van der Waals surface area contributed by atoms with E-state index < -0.39 is 5.60 Å². The van der Waals surface area contributed by atoms with Crippen molar-refractivity contribution in [3.8, 4) is 11.1 Å². The maximum atomic E-state index is 12.4. The number of anilines is 1. The van der Waals surface area contributed by atoms with Crippen LogP contribution in [0.3, 0.4) is 0 Å². The zero-order valence-electron chi connectivity index (χ0n) is 16.1. The molecule has 3 rings (SSSR count). The van der Waals surface area contributed by atoms with Crippen LogP contribution in [0.15, 0.2) is 42.5 Å². The molecule has 0 saturated carbocycles. The van der Waals surface area contributed by atoms with Gasteiger partial charge in [0.15, 0.2) is 0 Å². The van der Waals surface area contributed by atoms with Gasteiger partial charge in [0.1, 0.15) is 5.60 Å². The number of esters is 1. The summed E-state index contributed by atoms with van der Waals surface area (Å²) in [7, 11) is 0. The summed E-state index contributed by atoms with van der Waals surface area (Å²) in [5, 5.41) is 3.38. The Kier molecular flexibility index (Phi) is 5.33. The first-order chi connectivity index (χ1) is 12.3. The number of nitrogens with one attached hydrogen (secondary N) is 1. The standard InChI is InChI=1S/C22H28N2O2/c1-16-13-18(15-19(14-16)21(25)26-22(2,3)4)17-5-7-20(8-6-17)24-11-9-23-10-12-24/h5-8,13-15,23H,9-12H2,1-4H3. The predicted octanol–water partition coefficient (Wildman–Crippen LogP) is 4.03. The fraction of sp³-hybridized carbons (Fsp3) is 0.409. The van der Waals surface area contributed by atoms with Crippen LogP contribution in [0.1, 0.15) is 36.7 Å². The summed E-state index contributed by atoms with van der Waals surface area (Å²) < 4.78 is 5.52. The molecule has 2 aromatic carbocycles. The number of hydrogen-bond donors (Lipinski definition) is 1. The summed E-state index contributed by atoms with van der Waals surface area (Å²) in [6, 6.07) is 14.5. The molecule has 2 aromatic rings. The van der Waals surface area contributed by atoms with E-state index >= 15 is 0 Å². The third-order valence-corrected chi connectivity index (χ3v) is 4.39. The molecule has 1 aliphatic rings. The Morgan fingerprint density at radius 2 is 1.65 bits per heavy atom. The molecule has 0 radical (unpaired) electrons. The summed E-state index contributed by atoms with van der Waals surface area (Å²) in [4.78, 5) is 14.8. The topological polar surface area (TPSA) is 41.6 Å². The number of carbonyl (C=O) groups is 1. The van der Waals surface area contributed by atoms with E-state index in [9.17, 15) is 4.79 Å². The number of rotatable bonds is 3. The average Bonchev–Trinajstić information content (AvgIpc) is 2.61. The van der Waals surface area contributed by atoms with Crippen LogP contribution in [-0.2, 0) is 4.74 Å². The highest BCUT2D eigenvalue weighted by Crippen LogP contribution is 2.26. The van der Waals surface area contributed by atoms with Crippen LogP contribution in [-0.4, -0.2) is 37.7 Å². The third kappa shape index (κ3) is 4.64. The molecular weight excluding hydrogens is 324 g/mol. The molecule has 138 valence electrons. The summed E-state index contributed by atoms with van der Waals surface area (Å²) >= 11 is 0. The van der Waals surface area contributed by atoms with Gasteiger partial charge in [0.25, 0.3) is 0 Å². The Balaban J connectivity index is 1.83. The van der Waals surface area contributed by atoms with Crippen molar-refractivity contribution in [1.29, 1.82) is 0 Å². The molecule has 1 fully saturated rings. The van der Waals surface area contributed by atoms with Gasteiger partial charge in [0, 0.05) is 31.9 Å². The van der Waals surface area contributed by atoms with Gasteiger partial charge in [-0.25, -0.2) is 4.79 Å². The first-order valence-corrected chi connectivity index (χ1v) is 9.23. The zero-order valence-corrected chi connectivity index (χ0v) is 16.1. The molecule has 0 bridgehead atoms. The molecule has 0 spiro atoms. The lowest BCUT2D eigenvalue weighted by Crippen LogP contribution is -2.43. The number of carbonyl (C=O) groups excluding carboxylic acids is 1. The number of benzene rings is 2. The van der Waals surface area contributed by atoms with E-state index in [1.54, 1.807) is 0 Å². The van der Waals surface area contributed by atoms with Crippen molar-refractivity contribution in [2.75, 3.05) is 31.1 Å². The van der Waals surface area contributed by atoms with E-state index in [0.717, 1.165) is 42.9 Å². The molecule has 4 heteroatoms. The lowest BCUT2D eigenvalue weighted by molar-refractivity contribution is 0.00695. The second-order valence-corrected chi connectivity index (χ2v) is 7.87. The Labute approximate surface area is 156 Å². The Hall–Kier alpha value is -2.33. The smallest absolute Gasteiger partial charge is 0.338 e. The van der Waals surface area contributed by atoms with Gasteiger partial charge in [-0.3, -0.25) is 0 Å². The van der Waals surface area contributed by atoms with E-state index in [2.05, 4.69) is 40.5 Å². The Morgan fingerprint density at radius 3 is 2.27 bits per heavy atom. The SMILES string of the molecule is Cc1cc(C(=O)OC(C)(C)C)cc(-c2ccc(N3CCNCC3)cc2)c1. The van der Waals surface area contributed by atoms with Crippen LogP contribution in [0.2, 0.25) is 0 Å². The highest BCUT2D eigenvalue weighted by molar-refractivity contribution is 5.91. The van der Waals surface area contributed by atoms with Crippen molar-refractivity contribution in [2.45, 2.75) is 33.3 Å². The molecule has 4 nitrogen and oxygen atoms in total. The number of hydrogen-bond acceptors (Lipinski definition) is 4. The van der Waals surface area contributed by atoms with Gasteiger partial charge >= 0.3 is 5.97 Å². The van der Waals surface area contributed by atoms with Crippen molar-refractivity contribution in [2.24, 2.45) is 0 Å². The van der Waals surface area contributed by atoms with Crippen molar-refractivity contribution in [1.82, 2.24) is 5.32 Å². The lowest BCUT2D eigenvalue weighted by Gasteiger charge is -2.29. The van der Waals surface area contributed by atoms with Gasteiger partial charge in [-0.15, -0.1) is 0 Å². The van der Waals surface area contributed by atoms with Gasteiger partial charge in [0.2, 0.25) is 0 Å². The fourth-order valence-corrected chi connectivity index (χ4v) is 3.19. The first-order valence-electron chi connectivity index (χ1n) is 9.23. The lowest BCUT2D eigenvalue weighted by atomic mass is 9.99. The molecular formula is C22H28N2O2. The van der Waals surface area contributed by atoms with Gasteiger partial charge in [-0.2, -0.15) is 0 Å². The zero-order chi connectivity index (χ0) is 18.7. The van der Waals surface area contributed by atoms with Crippen LogP contribution in [0.4, 0.5) is 5.69 Å². The van der Waals surface area contributed by atoms with Gasteiger partial charge < -0.3 is 15.0 Å². The number of ether oxygens (including phenoxy) is 1. The van der Waals surface area contributed by atoms with Gasteiger partial charge in [-0.05, 0) is 68.7 Å². The molecule has 0 unspecified atom stereocenters. The maximum absolute atomic E-state index is 12.4. The molecule has 1 saturated heterocycles. The molecule has 0 aromatic heterocycles. The summed E-state index contributed by atoms with van der Waals surface area (Å²) in [5.41, 5.74) is 4.55. The highest BCUT2D eigenvalue weighted by atomic mass is 16.6. The second-order valence-electron chi connectivity index (χ2n) is 7.87. The molecule has 1 heterocycles. The molecule has 0 aliphatic carbocycles. The largest absolute Gasteiger partial charge is 0.456 e. The summed E-state index contributed by atoms with van der Waals surface area (Å²) in [5.74, 6) is -0.278. The third-order valence-electron chi connectivity index (χ3n) is 4.39. The first kappa shape index (κ1) is 18.5. The van der Waals surface area contributed by atoms with Crippen molar-refractivity contribution < 1.29 is 9.53 Å². The fourth-order valence-electron chi connectivity index (χ4n) is 3.19. The Morgan fingerprint density at radius 1 is 1.00 bits per heavy atom. The van der Waals surface area contributed by atoms with Crippen LogP contribution in [0.5, 0.6) is 0 Å². The number of aryl methyl sites for hydroxylation is 1. The molecule has 1 N–H and O–H groups in total. The van der Waals surface area contributed by atoms with Crippen molar-refractivity contribution in [3.63, 3.8) is 0 Å². The van der Waals surface area contributed by atoms with Crippen LogP contribution < -0.4 is 10.2 Å². The van der Waals surface area contributed by atoms with Crippen LogP contribution in [0, 0.1) is 6.92 Å². The minimum absolute atomic E-state index is 0.278. The highest BCUT2D eigenvalue weighted by Gasteiger charge is 2.19. The van der Waals surface area contributed by atoms with Gasteiger partial charge in [0.05, 0.1) is 5.56 Å². The minimum Gasteiger partial charge on any atom is -0.456 e. The summed E-state index contributed by atoms with van der Waals surface area (Å²) in [6.07, 6.45) is 0. The monoisotopic (exact) mass is 352 g/mol. The minimum atomic E-state index is -0.494. The molecule has 26 heavy (non-hydrogen) atoms. The van der Waals surface area contributed by atoms with Crippen LogP contribution >= 0.6 is 0 Å². The predicted molar refractivity (Wildman–Crippen MR) is 107 cm³/mol.